The van der Waals surface area contributed by atoms with E-state index >= 15 is 0 Å². The van der Waals surface area contributed by atoms with Crippen molar-refractivity contribution in [3.63, 3.8) is 0 Å². The number of aliphatic hydroxyl groups excluding tert-OH is 1. The van der Waals surface area contributed by atoms with Gasteiger partial charge in [0.2, 0.25) is 0 Å². The van der Waals surface area contributed by atoms with Crippen molar-refractivity contribution in [2.24, 2.45) is 0 Å². The zero-order valence-electron chi connectivity index (χ0n) is 9.02. The van der Waals surface area contributed by atoms with Gasteiger partial charge in [0.05, 0.1) is 0 Å². The summed E-state index contributed by atoms with van der Waals surface area (Å²) >= 11 is 1.79. The second kappa shape index (κ2) is 7.97. The van der Waals surface area contributed by atoms with Crippen LogP contribution < -0.4 is 5.32 Å². The first kappa shape index (κ1) is 12.8. The van der Waals surface area contributed by atoms with Gasteiger partial charge >= 0.3 is 0 Å². The molecule has 0 aliphatic heterocycles. The molecule has 0 radical (unpaired) electrons. The van der Waals surface area contributed by atoms with Gasteiger partial charge < -0.3 is 10.4 Å². The Morgan fingerprint density at radius 3 is 3.06 bits per heavy atom. The number of anilines is 1. The molecule has 1 aromatic rings. The van der Waals surface area contributed by atoms with E-state index in [1.165, 1.54) is 0 Å². The van der Waals surface area contributed by atoms with Gasteiger partial charge in [0.15, 0.2) is 0 Å². The Morgan fingerprint density at radius 1 is 1.44 bits per heavy atom. The zero-order valence-corrected chi connectivity index (χ0v) is 9.83. The van der Waals surface area contributed by atoms with Gasteiger partial charge in [0.25, 0.3) is 0 Å². The highest BCUT2D eigenvalue weighted by Crippen LogP contribution is 2.05. The van der Waals surface area contributed by atoms with Crippen LogP contribution in [0.3, 0.4) is 0 Å². The minimum Gasteiger partial charge on any atom is -0.396 e. The fraction of sp³-hybridized carbons (Fsp3) is 0.455. The van der Waals surface area contributed by atoms with E-state index in [4.69, 9.17) is 10.4 Å². The van der Waals surface area contributed by atoms with Gasteiger partial charge in [-0.3, -0.25) is 0 Å². The van der Waals surface area contributed by atoms with E-state index in [1.54, 1.807) is 17.8 Å². The summed E-state index contributed by atoms with van der Waals surface area (Å²) < 4.78 is 0. The summed E-state index contributed by atoms with van der Waals surface area (Å²) in [6.07, 6.45) is 0.840. The molecule has 0 fully saturated rings. The van der Waals surface area contributed by atoms with Crippen LogP contribution in [0.4, 0.5) is 5.82 Å². The predicted octanol–water partition coefficient (Wildman–Crippen LogP) is 1.48. The lowest BCUT2D eigenvalue weighted by atomic mass is 10.3. The normalized spacial score (nSPS) is 9.75. The summed E-state index contributed by atoms with van der Waals surface area (Å²) in [5, 5.41) is 20.4. The maximum atomic E-state index is 8.66. The molecule has 86 valence electrons. The molecule has 1 heterocycles. The maximum absolute atomic E-state index is 8.66. The number of hydrogen-bond acceptors (Lipinski definition) is 5. The Kier molecular flexibility index (Phi) is 6.38. The van der Waals surface area contributed by atoms with Crippen LogP contribution in [0.1, 0.15) is 12.1 Å². The molecule has 0 atom stereocenters. The number of nitriles is 1. The van der Waals surface area contributed by atoms with Crippen LogP contribution in [0.15, 0.2) is 18.2 Å². The summed E-state index contributed by atoms with van der Waals surface area (Å²) in [6, 6.07) is 7.34. The first-order chi connectivity index (χ1) is 7.86. The van der Waals surface area contributed by atoms with Crippen LogP contribution in [0.2, 0.25) is 0 Å². The maximum Gasteiger partial charge on any atom is 0.142 e. The molecule has 1 aromatic heterocycles. The van der Waals surface area contributed by atoms with E-state index in [0.717, 1.165) is 30.3 Å². The molecule has 0 amide bonds. The van der Waals surface area contributed by atoms with Crippen molar-refractivity contribution in [1.29, 1.82) is 5.26 Å². The Labute approximate surface area is 99.7 Å². The molecule has 5 heteroatoms. The third kappa shape index (κ3) is 5.01. The molecule has 0 saturated carbocycles. The van der Waals surface area contributed by atoms with E-state index in [2.05, 4.69) is 10.3 Å². The highest BCUT2D eigenvalue weighted by molar-refractivity contribution is 7.99. The van der Waals surface area contributed by atoms with Gasteiger partial charge in [-0.25, -0.2) is 4.98 Å². The number of rotatable bonds is 7. The lowest BCUT2D eigenvalue weighted by Gasteiger charge is -2.04. The van der Waals surface area contributed by atoms with E-state index < -0.39 is 0 Å². The number of pyridine rings is 1. The number of hydrogen-bond donors (Lipinski definition) is 2. The molecule has 2 N–H and O–H groups in total. The highest BCUT2D eigenvalue weighted by atomic mass is 32.2. The highest BCUT2D eigenvalue weighted by Gasteiger charge is 1.95. The van der Waals surface area contributed by atoms with Crippen molar-refractivity contribution in [2.45, 2.75) is 6.42 Å². The molecular formula is C11H15N3OS. The summed E-state index contributed by atoms with van der Waals surface area (Å²) in [4.78, 5) is 4.10. The van der Waals surface area contributed by atoms with Crippen LogP contribution in [0.5, 0.6) is 0 Å². The van der Waals surface area contributed by atoms with E-state index in [1.807, 2.05) is 18.2 Å². The first-order valence-corrected chi connectivity index (χ1v) is 6.32. The number of aromatic nitrogens is 1. The van der Waals surface area contributed by atoms with E-state index in [-0.39, 0.29) is 6.61 Å². The van der Waals surface area contributed by atoms with Gasteiger partial charge in [0, 0.05) is 18.9 Å². The molecule has 0 aliphatic carbocycles. The van der Waals surface area contributed by atoms with Gasteiger partial charge in [0.1, 0.15) is 17.6 Å². The zero-order chi connectivity index (χ0) is 11.6. The molecule has 0 unspecified atom stereocenters. The monoisotopic (exact) mass is 237 g/mol. The molecule has 1 rings (SSSR count). The van der Waals surface area contributed by atoms with Crippen LogP contribution in [-0.4, -0.2) is 34.7 Å². The molecule has 0 saturated heterocycles. The minimum atomic E-state index is 0.256. The van der Waals surface area contributed by atoms with Crippen molar-refractivity contribution in [1.82, 2.24) is 4.98 Å². The topological polar surface area (TPSA) is 68.9 Å². The Bertz CT molecular complexity index is 351. The summed E-state index contributed by atoms with van der Waals surface area (Å²) in [7, 11) is 0. The number of nitrogens with one attached hydrogen (secondary N) is 1. The van der Waals surface area contributed by atoms with Gasteiger partial charge in [-0.1, -0.05) is 6.07 Å². The minimum absolute atomic E-state index is 0.256. The fourth-order valence-corrected chi connectivity index (χ4v) is 1.90. The van der Waals surface area contributed by atoms with Crippen molar-refractivity contribution in [3.05, 3.63) is 23.9 Å². The van der Waals surface area contributed by atoms with Gasteiger partial charge in [-0.2, -0.15) is 17.0 Å². The first-order valence-electron chi connectivity index (χ1n) is 5.16. The standard InChI is InChI=1S/C11H15N3OS/c12-9-10-3-1-4-11(14-10)13-5-8-16-7-2-6-15/h1,3-4,15H,2,5-8H2,(H,13,14). The molecule has 0 bridgehead atoms. The van der Waals surface area contributed by atoms with Crippen LogP contribution in [-0.2, 0) is 0 Å². The second-order valence-electron chi connectivity index (χ2n) is 3.14. The number of nitrogens with zero attached hydrogens (tertiary/aromatic N) is 2. The van der Waals surface area contributed by atoms with Crippen LogP contribution in [0.25, 0.3) is 0 Å². The van der Waals surface area contributed by atoms with Crippen molar-refractivity contribution in [3.8, 4) is 6.07 Å². The van der Waals surface area contributed by atoms with E-state index in [0.29, 0.717) is 5.69 Å². The Balaban J connectivity index is 2.19. The molecule has 16 heavy (non-hydrogen) atoms. The van der Waals surface area contributed by atoms with Crippen molar-refractivity contribution >= 4 is 17.6 Å². The second-order valence-corrected chi connectivity index (χ2v) is 4.36. The van der Waals surface area contributed by atoms with Gasteiger partial charge in [-0.05, 0) is 24.3 Å². The third-order valence-corrected chi connectivity index (χ3v) is 2.93. The fourth-order valence-electron chi connectivity index (χ4n) is 1.12. The number of thioether (sulfide) groups is 1. The predicted molar refractivity (Wildman–Crippen MR) is 66.5 cm³/mol. The van der Waals surface area contributed by atoms with Crippen LogP contribution in [0, 0.1) is 11.3 Å². The Morgan fingerprint density at radius 2 is 2.31 bits per heavy atom. The van der Waals surface area contributed by atoms with Crippen LogP contribution >= 0.6 is 11.8 Å². The molecular weight excluding hydrogens is 222 g/mol. The quantitative estimate of drug-likeness (QED) is 0.703. The molecule has 4 nitrogen and oxygen atoms in total. The average Bonchev–Trinajstić information content (AvgIpc) is 2.34. The smallest absolute Gasteiger partial charge is 0.142 e. The lowest BCUT2D eigenvalue weighted by Crippen LogP contribution is -2.06. The largest absolute Gasteiger partial charge is 0.396 e. The summed E-state index contributed by atoms with van der Waals surface area (Å²) in [6.45, 7) is 1.07. The van der Waals surface area contributed by atoms with Crippen molar-refractivity contribution in [2.75, 3.05) is 30.0 Å². The van der Waals surface area contributed by atoms with Gasteiger partial charge in [-0.15, -0.1) is 0 Å². The molecule has 0 aliphatic rings. The SMILES string of the molecule is N#Cc1cccc(NCCSCCCO)n1. The lowest BCUT2D eigenvalue weighted by molar-refractivity contribution is 0.296. The molecule has 0 aromatic carbocycles. The Hall–Kier alpha value is -1.25. The average molecular weight is 237 g/mol. The molecule has 0 spiro atoms. The van der Waals surface area contributed by atoms with E-state index in [9.17, 15) is 0 Å². The number of aliphatic hydroxyl groups is 1. The summed E-state index contributed by atoms with van der Waals surface area (Å²) in [5.74, 6) is 2.68. The van der Waals surface area contributed by atoms with Crippen molar-refractivity contribution < 1.29 is 5.11 Å². The third-order valence-electron chi connectivity index (χ3n) is 1.86. The summed E-state index contributed by atoms with van der Waals surface area (Å²) in [5.41, 5.74) is 0.429.